The number of H-pyrrole nitrogens is 1. The lowest BCUT2D eigenvalue weighted by Crippen LogP contribution is -2.11. The van der Waals surface area contributed by atoms with Gasteiger partial charge in [-0.1, -0.05) is 0 Å². The van der Waals surface area contributed by atoms with Gasteiger partial charge in [0.15, 0.2) is 0 Å². The van der Waals surface area contributed by atoms with Crippen LogP contribution in [0.5, 0.6) is 0 Å². The second-order valence-electron chi connectivity index (χ2n) is 4.64. The fourth-order valence-electron chi connectivity index (χ4n) is 2.14. The van der Waals surface area contributed by atoms with Crippen LogP contribution in [-0.4, -0.2) is 36.1 Å². The Morgan fingerprint density at radius 1 is 1.23 bits per heavy atom. The number of benzene rings is 1. The third-order valence-corrected chi connectivity index (χ3v) is 3.22. The number of nitrogens with one attached hydrogen (secondary N) is 1. The summed E-state index contributed by atoms with van der Waals surface area (Å²) in [6.07, 6.45) is 7.39. The Hall–Kier alpha value is -2.81. The van der Waals surface area contributed by atoms with E-state index in [1.165, 1.54) is 20.3 Å². The monoisotopic (exact) mass is 300 g/mol. The van der Waals surface area contributed by atoms with Gasteiger partial charge >= 0.3 is 11.9 Å². The van der Waals surface area contributed by atoms with E-state index in [0.29, 0.717) is 23.9 Å². The number of nitrogens with zero attached hydrogens (tertiary/aromatic N) is 1. The zero-order valence-corrected chi connectivity index (χ0v) is 12.4. The van der Waals surface area contributed by atoms with Crippen LogP contribution in [0.1, 0.15) is 39.4 Å². The third kappa shape index (κ3) is 3.09. The van der Waals surface area contributed by atoms with Crippen molar-refractivity contribution in [3.8, 4) is 12.3 Å². The van der Waals surface area contributed by atoms with Gasteiger partial charge in [0.25, 0.3) is 0 Å². The van der Waals surface area contributed by atoms with Crippen molar-refractivity contribution in [2.24, 2.45) is 0 Å². The summed E-state index contributed by atoms with van der Waals surface area (Å²) in [5, 5.41) is 0. The fourth-order valence-corrected chi connectivity index (χ4v) is 2.14. The third-order valence-electron chi connectivity index (χ3n) is 3.22. The highest BCUT2D eigenvalue weighted by Gasteiger charge is 2.20. The molecule has 0 fully saturated rings. The molecule has 0 aliphatic heterocycles. The summed E-state index contributed by atoms with van der Waals surface area (Å²) in [5.41, 5.74) is 1.51. The number of fused-ring (bicyclic) bond motifs is 1. The van der Waals surface area contributed by atoms with E-state index in [1.807, 2.05) is 0 Å². The van der Waals surface area contributed by atoms with E-state index in [-0.39, 0.29) is 11.1 Å². The summed E-state index contributed by atoms with van der Waals surface area (Å²) in [5.74, 6) is 2.11. The van der Waals surface area contributed by atoms with Crippen molar-refractivity contribution in [1.82, 2.24) is 9.97 Å². The van der Waals surface area contributed by atoms with E-state index < -0.39 is 11.9 Å². The van der Waals surface area contributed by atoms with E-state index in [0.717, 1.165) is 12.2 Å². The van der Waals surface area contributed by atoms with Crippen LogP contribution in [-0.2, 0) is 15.9 Å². The maximum Gasteiger partial charge on any atom is 0.338 e. The molecule has 22 heavy (non-hydrogen) atoms. The van der Waals surface area contributed by atoms with E-state index in [2.05, 4.69) is 15.9 Å². The smallest absolute Gasteiger partial charge is 0.338 e. The maximum absolute atomic E-state index is 11.8. The number of terminal acetylenes is 1. The van der Waals surface area contributed by atoms with Crippen molar-refractivity contribution in [3.63, 3.8) is 0 Å². The molecule has 1 N–H and O–H groups in total. The summed E-state index contributed by atoms with van der Waals surface area (Å²) in [7, 11) is 2.51. The lowest BCUT2D eigenvalue weighted by molar-refractivity contribution is 0.0555. The number of carbonyl (C=O) groups excluding carboxylic acids is 2. The van der Waals surface area contributed by atoms with Crippen LogP contribution < -0.4 is 0 Å². The number of hydrogen-bond donors (Lipinski definition) is 1. The SMILES string of the molecule is C#CCCCc1nc2cc(C(=O)OC)c(C(=O)OC)cc2[nH]1. The second-order valence-corrected chi connectivity index (χ2v) is 4.64. The number of esters is 2. The number of aromatic amines is 1. The molecular weight excluding hydrogens is 284 g/mol. The van der Waals surface area contributed by atoms with E-state index in [4.69, 9.17) is 15.9 Å². The topological polar surface area (TPSA) is 81.3 Å². The number of carbonyl (C=O) groups is 2. The first-order chi connectivity index (χ1) is 10.6. The largest absolute Gasteiger partial charge is 0.465 e. The van der Waals surface area contributed by atoms with Gasteiger partial charge in [-0.25, -0.2) is 14.6 Å². The first-order valence-electron chi connectivity index (χ1n) is 6.73. The minimum atomic E-state index is -0.612. The van der Waals surface area contributed by atoms with Gasteiger partial charge in [0.1, 0.15) is 5.82 Å². The van der Waals surface area contributed by atoms with Crippen molar-refractivity contribution in [3.05, 3.63) is 29.1 Å². The van der Waals surface area contributed by atoms with Gasteiger partial charge in [-0.15, -0.1) is 12.3 Å². The number of methoxy groups -OCH3 is 2. The maximum atomic E-state index is 11.8. The van der Waals surface area contributed by atoms with Crippen molar-refractivity contribution in [1.29, 1.82) is 0 Å². The van der Waals surface area contributed by atoms with Crippen LogP contribution >= 0.6 is 0 Å². The number of rotatable bonds is 5. The quantitative estimate of drug-likeness (QED) is 0.519. The number of aryl methyl sites for hydroxylation is 1. The predicted octanol–water partition coefficient (Wildman–Crippen LogP) is 2.09. The molecule has 0 radical (unpaired) electrons. The highest BCUT2D eigenvalue weighted by molar-refractivity contribution is 6.06. The predicted molar refractivity (Wildman–Crippen MR) is 80.5 cm³/mol. The molecule has 0 aliphatic rings. The Balaban J connectivity index is 2.46. The van der Waals surface area contributed by atoms with Gasteiger partial charge in [0, 0.05) is 12.8 Å². The van der Waals surface area contributed by atoms with Crippen LogP contribution in [0.2, 0.25) is 0 Å². The summed E-state index contributed by atoms with van der Waals surface area (Å²) in [6.45, 7) is 0. The van der Waals surface area contributed by atoms with Crippen molar-refractivity contribution in [2.75, 3.05) is 14.2 Å². The van der Waals surface area contributed by atoms with Gasteiger partial charge < -0.3 is 14.5 Å². The Morgan fingerprint density at radius 2 is 1.86 bits per heavy atom. The summed E-state index contributed by atoms with van der Waals surface area (Å²) < 4.78 is 9.40. The van der Waals surface area contributed by atoms with Crippen molar-refractivity contribution >= 4 is 23.0 Å². The molecule has 0 atom stereocenters. The lowest BCUT2D eigenvalue weighted by atomic mass is 10.1. The molecular formula is C16H16N2O4. The van der Waals surface area contributed by atoms with Crippen LogP contribution in [0.25, 0.3) is 11.0 Å². The molecule has 0 spiro atoms. The molecule has 0 unspecified atom stereocenters. The molecule has 0 bridgehead atoms. The highest BCUT2D eigenvalue weighted by atomic mass is 16.5. The average Bonchev–Trinajstić information content (AvgIpc) is 2.94. The zero-order chi connectivity index (χ0) is 16.1. The lowest BCUT2D eigenvalue weighted by Gasteiger charge is -2.06. The highest BCUT2D eigenvalue weighted by Crippen LogP contribution is 2.21. The molecule has 1 aromatic carbocycles. The molecule has 114 valence electrons. The number of aromatic nitrogens is 2. The number of ether oxygens (including phenoxy) is 2. The van der Waals surface area contributed by atoms with Crippen LogP contribution in [0.3, 0.4) is 0 Å². The minimum Gasteiger partial charge on any atom is -0.465 e. The van der Waals surface area contributed by atoms with Gasteiger partial charge in [-0.2, -0.15) is 0 Å². The van der Waals surface area contributed by atoms with Crippen LogP contribution in [0, 0.1) is 12.3 Å². The number of hydrogen-bond acceptors (Lipinski definition) is 5. The standard InChI is InChI=1S/C16H16N2O4/c1-4-5-6-7-14-17-12-8-10(15(19)21-2)11(16(20)22-3)9-13(12)18-14/h1,8-9H,5-7H2,2-3H3,(H,17,18). The summed E-state index contributed by atoms with van der Waals surface area (Å²) in [6, 6.07) is 3.07. The Kier molecular flexibility index (Phi) is 4.79. The van der Waals surface area contributed by atoms with Gasteiger partial charge in [0.2, 0.25) is 0 Å². The molecule has 0 saturated carbocycles. The molecule has 6 heteroatoms. The van der Waals surface area contributed by atoms with Gasteiger partial charge in [0.05, 0.1) is 36.4 Å². The molecule has 6 nitrogen and oxygen atoms in total. The van der Waals surface area contributed by atoms with E-state index >= 15 is 0 Å². The minimum absolute atomic E-state index is 0.128. The first kappa shape index (κ1) is 15.6. The summed E-state index contributed by atoms with van der Waals surface area (Å²) in [4.78, 5) is 31.2. The van der Waals surface area contributed by atoms with Crippen molar-refractivity contribution < 1.29 is 19.1 Å². The Labute approximate surface area is 127 Å². The van der Waals surface area contributed by atoms with Crippen LogP contribution in [0.15, 0.2) is 12.1 Å². The molecule has 0 aliphatic carbocycles. The Bertz CT molecular complexity index is 702. The average molecular weight is 300 g/mol. The number of imidazole rings is 1. The molecule has 2 rings (SSSR count). The molecule has 2 aromatic rings. The zero-order valence-electron chi connectivity index (χ0n) is 12.4. The molecule has 0 amide bonds. The Morgan fingerprint density at radius 3 is 2.45 bits per heavy atom. The van der Waals surface area contributed by atoms with Crippen LogP contribution in [0.4, 0.5) is 0 Å². The van der Waals surface area contributed by atoms with Gasteiger partial charge in [-0.05, 0) is 18.6 Å². The van der Waals surface area contributed by atoms with Crippen molar-refractivity contribution in [2.45, 2.75) is 19.3 Å². The van der Waals surface area contributed by atoms with E-state index in [9.17, 15) is 9.59 Å². The molecule has 1 heterocycles. The summed E-state index contributed by atoms with van der Waals surface area (Å²) >= 11 is 0. The first-order valence-corrected chi connectivity index (χ1v) is 6.73. The fraction of sp³-hybridized carbons (Fsp3) is 0.312. The second kappa shape index (κ2) is 6.76. The van der Waals surface area contributed by atoms with Gasteiger partial charge in [-0.3, -0.25) is 0 Å². The molecule has 0 saturated heterocycles. The molecule has 1 aromatic heterocycles. The van der Waals surface area contributed by atoms with E-state index in [1.54, 1.807) is 6.07 Å². The normalized spacial score (nSPS) is 10.2. The number of unbranched alkanes of at least 4 members (excludes halogenated alkanes) is 1.